The van der Waals surface area contributed by atoms with Gasteiger partial charge in [-0.1, -0.05) is 17.7 Å². The molecule has 88 valence electrons. The Kier molecular flexibility index (Phi) is 4.04. The van der Waals surface area contributed by atoms with Crippen LogP contribution in [0.25, 0.3) is 0 Å². The lowest BCUT2D eigenvalue weighted by atomic mass is 10.2. The summed E-state index contributed by atoms with van der Waals surface area (Å²) in [4.78, 5) is 0. The second-order valence-electron chi connectivity index (χ2n) is 3.99. The van der Waals surface area contributed by atoms with Gasteiger partial charge in [-0.05, 0) is 25.0 Å². The predicted octanol–water partition coefficient (Wildman–Crippen LogP) is 2.62. The third-order valence-electron chi connectivity index (χ3n) is 2.69. The molecule has 0 bridgehead atoms. The van der Waals surface area contributed by atoms with Gasteiger partial charge in [-0.25, -0.2) is 0 Å². The molecule has 1 aromatic carbocycles. The number of nitrogen functional groups attached to an aromatic ring is 1. The summed E-state index contributed by atoms with van der Waals surface area (Å²) in [6, 6.07) is 5.46. The van der Waals surface area contributed by atoms with Gasteiger partial charge >= 0.3 is 0 Å². The SMILES string of the molecule is Nc1cc(Cl)ccc1COCC1CCCO1. The zero-order valence-corrected chi connectivity index (χ0v) is 9.87. The van der Waals surface area contributed by atoms with Crippen LogP contribution in [0.5, 0.6) is 0 Å². The van der Waals surface area contributed by atoms with E-state index in [0.717, 1.165) is 25.0 Å². The summed E-state index contributed by atoms with van der Waals surface area (Å²) in [6.45, 7) is 2.02. The molecule has 1 atom stereocenters. The van der Waals surface area contributed by atoms with Gasteiger partial charge in [0, 0.05) is 22.9 Å². The van der Waals surface area contributed by atoms with Gasteiger partial charge in [0.1, 0.15) is 0 Å². The maximum atomic E-state index is 5.82. The summed E-state index contributed by atoms with van der Waals surface area (Å²) in [5, 5.41) is 0.653. The number of anilines is 1. The Morgan fingerprint density at radius 3 is 3.06 bits per heavy atom. The van der Waals surface area contributed by atoms with E-state index in [-0.39, 0.29) is 6.10 Å². The molecule has 1 saturated heterocycles. The highest BCUT2D eigenvalue weighted by Gasteiger charge is 2.15. The van der Waals surface area contributed by atoms with Crippen LogP contribution in [-0.4, -0.2) is 19.3 Å². The van der Waals surface area contributed by atoms with Crippen molar-refractivity contribution in [1.82, 2.24) is 0 Å². The van der Waals surface area contributed by atoms with Crippen molar-refractivity contribution >= 4 is 17.3 Å². The average molecular weight is 242 g/mol. The third-order valence-corrected chi connectivity index (χ3v) is 2.93. The molecule has 2 rings (SSSR count). The van der Waals surface area contributed by atoms with E-state index in [1.807, 2.05) is 12.1 Å². The molecule has 1 aromatic rings. The van der Waals surface area contributed by atoms with Gasteiger partial charge in [-0.15, -0.1) is 0 Å². The first-order valence-corrected chi connectivity index (χ1v) is 5.87. The summed E-state index contributed by atoms with van der Waals surface area (Å²) < 4.78 is 11.0. The summed E-state index contributed by atoms with van der Waals surface area (Å²) in [6.07, 6.45) is 2.49. The lowest BCUT2D eigenvalue weighted by Crippen LogP contribution is -2.14. The van der Waals surface area contributed by atoms with Crippen molar-refractivity contribution in [2.45, 2.75) is 25.6 Å². The first-order valence-electron chi connectivity index (χ1n) is 5.49. The molecule has 0 aromatic heterocycles. The molecule has 0 radical (unpaired) electrons. The molecule has 4 heteroatoms. The van der Waals surface area contributed by atoms with Crippen LogP contribution in [0, 0.1) is 0 Å². The molecular weight excluding hydrogens is 226 g/mol. The Balaban J connectivity index is 1.80. The molecule has 0 aliphatic carbocycles. The van der Waals surface area contributed by atoms with Crippen molar-refractivity contribution in [1.29, 1.82) is 0 Å². The summed E-state index contributed by atoms with van der Waals surface area (Å²) in [7, 11) is 0. The van der Waals surface area contributed by atoms with Crippen LogP contribution in [0.3, 0.4) is 0 Å². The molecular formula is C12H16ClNO2. The molecule has 0 saturated carbocycles. The fourth-order valence-electron chi connectivity index (χ4n) is 1.77. The number of ether oxygens (including phenoxy) is 2. The van der Waals surface area contributed by atoms with Crippen LogP contribution in [0.1, 0.15) is 18.4 Å². The third kappa shape index (κ3) is 3.11. The molecule has 0 amide bonds. The van der Waals surface area contributed by atoms with E-state index in [9.17, 15) is 0 Å². The Labute approximate surface area is 100 Å². The van der Waals surface area contributed by atoms with Crippen molar-refractivity contribution in [3.8, 4) is 0 Å². The number of hydrogen-bond acceptors (Lipinski definition) is 3. The van der Waals surface area contributed by atoms with E-state index in [1.54, 1.807) is 6.07 Å². The van der Waals surface area contributed by atoms with Crippen LogP contribution in [0.2, 0.25) is 5.02 Å². The van der Waals surface area contributed by atoms with Gasteiger partial charge in [0.25, 0.3) is 0 Å². The predicted molar refractivity (Wildman–Crippen MR) is 64.5 cm³/mol. The maximum absolute atomic E-state index is 5.82. The first-order chi connectivity index (χ1) is 7.75. The number of nitrogens with two attached hydrogens (primary N) is 1. The van der Waals surface area contributed by atoms with Gasteiger partial charge in [-0.2, -0.15) is 0 Å². The van der Waals surface area contributed by atoms with Crippen molar-refractivity contribution in [2.24, 2.45) is 0 Å². The summed E-state index contributed by atoms with van der Waals surface area (Å²) >= 11 is 5.81. The molecule has 1 aliphatic rings. The topological polar surface area (TPSA) is 44.5 Å². The zero-order chi connectivity index (χ0) is 11.4. The monoisotopic (exact) mass is 241 g/mol. The zero-order valence-electron chi connectivity index (χ0n) is 9.12. The Hall–Kier alpha value is -0.770. The number of halogens is 1. The van der Waals surface area contributed by atoms with Crippen LogP contribution < -0.4 is 5.73 Å². The highest BCUT2D eigenvalue weighted by molar-refractivity contribution is 6.30. The molecule has 1 aliphatic heterocycles. The van der Waals surface area contributed by atoms with E-state index in [4.69, 9.17) is 26.8 Å². The largest absolute Gasteiger partial charge is 0.398 e. The fraction of sp³-hybridized carbons (Fsp3) is 0.500. The minimum atomic E-state index is 0.258. The van der Waals surface area contributed by atoms with E-state index >= 15 is 0 Å². The smallest absolute Gasteiger partial charge is 0.0809 e. The molecule has 0 spiro atoms. The van der Waals surface area contributed by atoms with Gasteiger partial charge < -0.3 is 15.2 Å². The van der Waals surface area contributed by atoms with Crippen LogP contribution >= 0.6 is 11.6 Å². The van der Waals surface area contributed by atoms with Crippen molar-refractivity contribution in [2.75, 3.05) is 18.9 Å². The standard InChI is InChI=1S/C12H16ClNO2/c13-10-4-3-9(12(14)6-10)7-15-8-11-2-1-5-16-11/h3-4,6,11H,1-2,5,7-8,14H2. The Morgan fingerprint density at radius 1 is 1.50 bits per heavy atom. The average Bonchev–Trinajstić information content (AvgIpc) is 2.74. The Morgan fingerprint density at radius 2 is 2.38 bits per heavy atom. The van der Waals surface area contributed by atoms with Crippen LogP contribution in [-0.2, 0) is 16.1 Å². The van der Waals surface area contributed by atoms with Crippen LogP contribution in [0.15, 0.2) is 18.2 Å². The Bertz CT molecular complexity index is 351. The van der Waals surface area contributed by atoms with Gasteiger partial charge in [0.15, 0.2) is 0 Å². The fourth-order valence-corrected chi connectivity index (χ4v) is 1.95. The van der Waals surface area contributed by atoms with Crippen molar-refractivity contribution < 1.29 is 9.47 Å². The summed E-state index contributed by atoms with van der Waals surface area (Å²) in [5.74, 6) is 0. The quantitative estimate of drug-likeness (QED) is 0.825. The van der Waals surface area contributed by atoms with E-state index in [2.05, 4.69) is 0 Å². The molecule has 1 heterocycles. The second-order valence-corrected chi connectivity index (χ2v) is 4.43. The normalized spacial score (nSPS) is 20.2. The lowest BCUT2D eigenvalue weighted by Gasteiger charge is -2.11. The highest BCUT2D eigenvalue weighted by Crippen LogP contribution is 2.19. The minimum absolute atomic E-state index is 0.258. The first kappa shape index (κ1) is 11.7. The van der Waals surface area contributed by atoms with Gasteiger partial charge in [0.2, 0.25) is 0 Å². The van der Waals surface area contributed by atoms with E-state index in [1.165, 1.54) is 0 Å². The van der Waals surface area contributed by atoms with Gasteiger partial charge in [0.05, 0.1) is 19.3 Å². The van der Waals surface area contributed by atoms with Crippen LogP contribution in [0.4, 0.5) is 5.69 Å². The number of hydrogen-bond donors (Lipinski definition) is 1. The number of rotatable bonds is 4. The molecule has 2 N–H and O–H groups in total. The van der Waals surface area contributed by atoms with Crippen molar-refractivity contribution in [3.05, 3.63) is 28.8 Å². The lowest BCUT2D eigenvalue weighted by molar-refractivity contribution is 0.0107. The van der Waals surface area contributed by atoms with E-state index < -0.39 is 0 Å². The summed E-state index contributed by atoms with van der Waals surface area (Å²) in [5.41, 5.74) is 7.47. The van der Waals surface area contributed by atoms with Crippen molar-refractivity contribution in [3.63, 3.8) is 0 Å². The second kappa shape index (κ2) is 5.53. The number of benzene rings is 1. The maximum Gasteiger partial charge on any atom is 0.0809 e. The highest BCUT2D eigenvalue weighted by atomic mass is 35.5. The molecule has 1 fully saturated rings. The minimum Gasteiger partial charge on any atom is -0.398 e. The van der Waals surface area contributed by atoms with E-state index in [0.29, 0.717) is 23.9 Å². The molecule has 16 heavy (non-hydrogen) atoms. The van der Waals surface area contributed by atoms with Gasteiger partial charge in [-0.3, -0.25) is 0 Å². The molecule has 1 unspecified atom stereocenters. The molecule has 3 nitrogen and oxygen atoms in total.